The van der Waals surface area contributed by atoms with Crippen LogP contribution in [0, 0.1) is 61.2 Å². The van der Waals surface area contributed by atoms with Gasteiger partial charge in [0.25, 0.3) is 23.6 Å². The molecular formula is C49H38Cl2N8O16. The van der Waals surface area contributed by atoms with E-state index in [0.29, 0.717) is 28.6 Å². The summed E-state index contributed by atoms with van der Waals surface area (Å²) in [5.74, 6) is -4.20. The van der Waals surface area contributed by atoms with E-state index in [-0.39, 0.29) is 34.0 Å². The quantitative estimate of drug-likeness (QED) is 0.0800. The second kappa shape index (κ2) is 24.5. The highest BCUT2D eigenvalue weighted by atomic mass is 35.5. The van der Waals surface area contributed by atoms with Crippen LogP contribution < -0.4 is 20.9 Å². The number of benzene rings is 4. The number of para-hydroxylation sites is 1. The number of carbonyl (C=O) groups excluding carboxylic acids is 4. The molecule has 75 heavy (non-hydrogen) atoms. The standard InChI is InChI=1S/C13H10N2O4.C13H12N2O4.C12H10N2O4.C11H6Cl2N2O4/c16-13(11-5-6-12(19-11)15(17)18)14-8-7-9-3-1-2-4-10(9)14;1-8-3-4-10(7-9(8)2)14-13(16)11-5-6-12(19-11)15(17)18;1-8-3-2-4-9(7-8)13-12(15)10-5-6-11(18-10)14(16)17;12-7-2-1-6(5-8(7)13)14-11(16)9-3-4-10(19-9)15(17)18/h1-6H,7-8H2;3-7H,1-2H3,(H,14,16);2-7H,1H3,(H,13,15);1-5H,(H,14,16). The Balaban J connectivity index is 0.000000163. The molecule has 0 saturated heterocycles. The van der Waals surface area contributed by atoms with E-state index >= 15 is 0 Å². The van der Waals surface area contributed by atoms with E-state index in [2.05, 4.69) is 16.0 Å². The molecule has 4 aromatic carbocycles. The number of halogens is 2. The van der Waals surface area contributed by atoms with Gasteiger partial charge in [-0.15, -0.1) is 0 Å². The number of furan rings is 4. The number of nitro groups is 4. The molecule has 0 atom stereocenters. The fourth-order valence-corrected chi connectivity index (χ4v) is 6.86. The molecule has 1 aliphatic heterocycles. The molecule has 24 nitrogen and oxygen atoms in total. The maximum atomic E-state index is 12.3. The van der Waals surface area contributed by atoms with Crippen LogP contribution in [-0.4, -0.2) is 49.9 Å². The summed E-state index contributed by atoms with van der Waals surface area (Å²) in [4.78, 5) is 88.2. The Morgan fingerprint density at radius 3 is 1.37 bits per heavy atom. The van der Waals surface area contributed by atoms with Crippen LogP contribution in [0.3, 0.4) is 0 Å². The van der Waals surface area contributed by atoms with Crippen LogP contribution in [0.1, 0.15) is 64.5 Å². The van der Waals surface area contributed by atoms with Gasteiger partial charge >= 0.3 is 23.5 Å². The minimum Gasteiger partial charge on any atom is -0.395 e. The topological polar surface area (TPSA) is 333 Å². The molecule has 4 aromatic heterocycles. The van der Waals surface area contributed by atoms with Gasteiger partial charge in [0.15, 0.2) is 23.0 Å². The monoisotopic (exact) mass is 1060 g/mol. The van der Waals surface area contributed by atoms with Gasteiger partial charge in [-0.3, -0.25) is 59.6 Å². The second-order valence-corrected chi connectivity index (χ2v) is 16.4. The molecule has 8 aromatic rings. The van der Waals surface area contributed by atoms with Crippen LogP contribution in [0.2, 0.25) is 10.0 Å². The molecule has 9 rings (SSSR count). The highest BCUT2D eigenvalue weighted by molar-refractivity contribution is 6.42. The number of carbonyl (C=O) groups is 4. The zero-order valence-corrected chi connectivity index (χ0v) is 40.7. The van der Waals surface area contributed by atoms with E-state index in [4.69, 9.17) is 40.9 Å². The van der Waals surface area contributed by atoms with Crippen LogP contribution >= 0.6 is 23.2 Å². The molecule has 0 saturated carbocycles. The lowest BCUT2D eigenvalue weighted by Crippen LogP contribution is -2.28. The Labute approximate surface area is 432 Å². The molecule has 5 heterocycles. The van der Waals surface area contributed by atoms with Gasteiger partial charge in [-0.2, -0.15) is 0 Å². The number of nitrogens with zero attached hydrogens (tertiary/aromatic N) is 5. The fraction of sp³-hybridized carbons (Fsp3) is 0.102. The van der Waals surface area contributed by atoms with Crippen molar-refractivity contribution in [3.8, 4) is 0 Å². The maximum absolute atomic E-state index is 12.3. The molecule has 0 unspecified atom stereocenters. The number of hydrogen-bond acceptors (Lipinski definition) is 16. The minimum atomic E-state index is -0.726. The highest BCUT2D eigenvalue weighted by Gasteiger charge is 2.29. The summed E-state index contributed by atoms with van der Waals surface area (Å²) >= 11 is 11.5. The van der Waals surface area contributed by atoms with Crippen molar-refractivity contribution in [2.75, 3.05) is 27.4 Å². The average molecular weight is 1070 g/mol. The third-order valence-corrected chi connectivity index (χ3v) is 11.1. The average Bonchev–Trinajstić information content (AvgIpc) is 4.24. The predicted molar refractivity (Wildman–Crippen MR) is 271 cm³/mol. The summed E-state index contributed by atoms with van der Waals surface area (Å²) in [5.41, 5.74) is 6.72. The van der Waals surface area contributed by atoms with Crippen LogP contribution in [0.5, 0.6) is 0 Å². The summed E-state index contributed by atoms with van der Waals surface area (Å²) in [7, 11) is 0. The lowest BCUT2D eigenvalue weighted by molar-refractivity contribution is -0.402. The third kappa shape index (κ3) is 14.6. The zero-order chi connectivity index (χ0) is 54.5. The summed E-state index contributed by atoms with van der Waals surface area (Å²) in [5, 5.41) is 50.2. The minimum absolute atomic E-state index is 0.0107. The molecule has 0 aliphatic carbocycles. The normalized spacial score (nSPS) is 11.0. The molecule has 1 aliphatic rings. The first-order valence-corrected chi connectivity index (χ1v) is 22.3. The highest BCUT2D eigenvalue weighted by Crippen LogP contribution is 2.30. The molecule has 384 valence electrons. The van der Waals surface area contributed by atoms with Crippen LogP contribution in [0.25, 0.3) is 0 Å². The number of rotatable bonds is 11. The van der Waals surface area contributed by atoms with Gasteiger partial charge in [0, 0.05) is 29.3 Å². The van der Waals surface area contributed by atoms with Crippen LogP contribution in [-0.2, 0) is 6.42 Å². The fourth-order valence-electron chi connectivity index (χ4n) is 6.56. The first kappa shape index (κ1) is 54.4. The second-order valence-electron chi connectivity index (χ2n) is 15.6. The van der Waals surface area contributed by atoms with E-state index in [1.807, 2.05) is 63.2 Å². The Hall–Kier alpha value is -9.94. The van der Waals surface area contributed by atoms with Crippen molar-refractivity contribution >= 4 is 93.1 Å². The van der Waals surface area contributed by atoms with E-state index in [1.54, 1.807) is 35.2 Å². The Morgan fingerprint density at radius 2 is 0.920 bits per heavy atom. The van der Waals surface area contributed by atoms with Gasteiger partial charge in [0.2, 0.25) is 0 Å². The smallest absolute Gasteiger partial charge is 0.395 e. The number of nitrogens with one attached hydrogen (secondary N) is 3. The Morgan fingerprint density at radius 1 is 0.480 bits per heavy atom. The van der Waals surface area contributed by atoms with Gasteiger partial charge in [-0.1, -0.05) is 59.6 Å². The maximum Gasteiger partial charge on any atom is 0.433 e. The van der Waals surface area contributed by atoms with Gasteiger partial charge in [-0.05, 0) is 122 Å². The Kier molecular flexibility index (Phi) is 17.7. The number of amides is 4. The first-order chi connectivity index (χ1) is 35.7. The predicted octanol–water partition coefficient (Wildman–Crippen LogP) is 11.9. The van der Waals surface area contributed by atoms with Gasteiger partial charge in [0.1, 0.15) is 19.7 Å². The van der Waals surface area contributed by atoms with Crippen molar-refractivity contribution in [2.45, 2.75) is 27.2 Å². The number of anilines is 4. The molecule has 0 spiro atoms. The van der Waals surface area contributed by atoms with Gasteiger partial charge < -0.3 is 38.5 Å². The van der Waals surface area contributed by atoms with Crippen LogP contribution in [0.15, 0.2) is 151 Å². The summed E-state index contributed by atoms with van der Waals surface area (Å²) in [6.45, 7) is 6.36. The van der Waals surface area contributed by atoms with Gasteiger partial charge in [-0.25, -0.2) is 0 Å². The van der Waals surface area contributed by atoms with Crippen molar-refractivity contribution in [3.63, 3.8) is 0 Å². The van der Waals surface area contributed by atoms with E-state index in [9.17, 15) is 59.6 Å². The Bertz CT molecular complexity index is 3360. The summed E-state index contributed by atoms with van der Waals surface area (Å²) in [6, 6.07) is 34.5. The molecular weight excluding hydrogens is 1030 g/mol. The molecule has 4 amide bonds. The van der Waals surface area contributed by atoms with E-state index < -0.39 is 61.0 Å². The lowest BCUT2D eigenvalue weighted by atomic mass is 10.1. The molecule has 0 fully saturated rings. The van der Waals surface area contributed by atoms with Crippen molar-refractivity contribution in [1.29, 1.82) is 0 Å². The van der Waals surface area contributed by atoms with Crippen molar-refractivity contribution in [3.05, 3.63) is 229 Å². The third-order valence-electron chi connectivity index (χ3n) is 10.3. The summed E-state index contributed by atoms with van der Waals surface area (Å²) in [6.07, 6.45) is 0.782. The molecule has 0 radical (unpaired) electrons. The number of aryl methyl sites for hydroxylation is 3. The van der Waals surface area contributed by atoms with Crippen molar-refractivity contribution < 1.29 is 56.5 Å². The van der Waals surface area contributed by atoms with Crippen molar-refractivity contribution in [1.82, 2.24) is 0 Å². The zero-order valence-electron chi connectivity index (χ0n) is 39.1. The number of hydrogen-bond donors (Lipinski definition) is 3. The molecule has 0 bridgehead atoms. The summed E-state index contributed by atoms with van der Waals surface area (Å²) < 4.78 is 19.3. The van der Waals surface area contributed by atoms with E-state index in [1.165, 1.54) is 42.5 Å². The van der Waals surface area contributed by atoms with E-state index in [0.717, 1.165) is 52.6 Å². The number of fused-ring (bicyclic) bond motifs is 1. The van der Waals surface area contributed by atoms with Crippen LogP contribution in [0.4, 0.5) is 46.3 Å². The molecule has 3 N–H and O–H groups in total. The molecule has 26 heteroatoms. The lowest BCUT2D eigenvalue weighted by Gasteiger charge is -2.15. The largest absolute Gasteiger partial charge is 0.433 e. The SMILES string of the molecule is Cc1ccc(NC(=O)c2ccc([N+](=O)[O-])o2)cc1C.Cc1cccc(NC(=O)c2ccc([N+](=O)[O-])o2)c1.O=C(Nc1ccc(Cl)c(Cl)c1)c1ccc([N+](=O)[O-])o1.O=C(c1ccc([N+](=O)[O-])o1)N1CCc2ccccc21. The van der Waals surface area contributed by atoms with Crippen molar-refractivity contribution in [2.24, 2.45) is 0 Å². The van der Waals surface area contributed by atoms with Gasteiger partial charge in [0.05, 0.1) is 34.3 Å². The first-order valence-electron chi connectivity index (χ1n) is 21.6.